The van der Waals surface area contributed by atoms with Crippen LogP contribution in [0.15, 0.2) is 23.8 Å². The zero-order chi connectivity index (χ0) is 20.7. The van der Waals surface area contributed by atoms with Crippen LogP contribution in [0.25, 0.3) is 0 Å². The lowest BCUT2D eigenvalue weighted by Crippen LogP contribution is -2.27. The number of nitrogens with one attached hydrogen (secondary N) is 1. The van der Waals surface area contributed by atoms with Crippen LogP contribution in [-0.4, -0.2) is 59.9 Å². The minimum Gasteiger partial charge on any atom is -0.392 e. The number of aliphatic hydroxyl groups is 2. The van der Waals surface area contributed by atoms with Crippen LogP contribution < -0.4 is 5.32 Å². The van der Waals surface area contributed by atoms with Gasteiger partial charge >= 0.3 is 0 Å². The number of carbonyl (C=O) groups is 1. The standard InChI is InChI=1S/C23H40N2O3/c1-5-6-10-23(2,28)11-7-8-19-20-14-17(13-18(20)15-21(19)26)16-24-12-9-22(27)25(3)4/h7-8,13,18-21,24,26,28H,5-6,9-12,14-16H2,1-4H3/b8-7+/t18-,19+,20-,21+,23-/m0/s1. The highest BCUT2D eigenvalue weighted by Gasteiger charge is 2.43. The third-order valence-corrected chi connectivity index (χ3v) is 6.30. The van der Waals surface area contributed by atoms with E-state index in [1.807, 2.05) is 6.92 Å². The van der Waals surface area contributed by atoms with Crippen molar-refractivity contribution in [1.29, 1.82) is 0 Å². The first-order valence-electron chi connectivity index (χ1n) is 10.9. The van der Waals surface area contributed by atoms with E-state index in [0.29, 0.717) is 31.2 Å². The predicted molar refractivity (Wildman–Crippen MR) is 114 cm³/mol. The summed E-state index contributed by atoms with van der Waals surface area (Å²) < 4.78 is 0. The van der Waals surface area contributed by atoms with Crippen LogP contribution in [0.2, 0.25) is 0 Å². The van der Waals surface area contributed by atoms with Gasteiger partial charge in [0.2, 0.25) is 5.91 Å². The van der Waals surface area contributed by atoms with Gasteiger partial charge in [-0.05, 0) is 44.4 Å². The molecule has 3 N–H and O–H groups in total. The van der Waals surface area contributed by atoms with Crippen molar-refractivity contribution in [2.24, 2.45) is 17.8 Å². The van der Waals surface area contributed by atoms with Crippen molar-refractivity contribution < 1.29 is 15.0 Å². The van der Waals surface area contributed by atoms with Crippen molar-refractivity contribution in [3.8, 4) is 0 Å². The summed E-state index contributed by atoms with van der Waals surface area (Å²) in [6.45, 7) is 5.57. The van der Waals surface area contributed by atoms with Gasteiger partial charge in [0.1, 0.15) is 0 Å². The van der Waals surface area contributed by atoms with Crippen molar-refractivity contribution in [3.63, 3.8) is 0 Å². The number of rotatable bonds is 11. The second-order valence-electron chi connectivity index (χ2n) is 9.18. The zero-order valence-electron chi connectivity index (χ0n) is 18.2. The van der Waals surface area contributed by atoms with Crippen molar-refractivity contribution >= 4 is 5.91 Å². The first-order chi connectivity index (χ1) is 13.2. The molecule has 1 fully saturated rings. The van der Waals surface area contributed by atoms with Crippen LogP contribution in [-0.2, 0) is 4.79 Å². The van der Waals surface area contributed by atoms with Gasteiger partial charge in [-0.25, -0.2) is 0 Å². The monoisotopic (exact) mass is 392 g/mol. The molecule has 5 atom stereocenters. The van der Waals surface area contributed by atoms with E-state index in [2.05, 4.69) is 30.5 Å². The molecule has 2 rings (SSSR count). The Kier molecular flexibility index (Phi) is 8.72. The van der Waals surface area contributed by atoms with E-state index in [9.17, 15) is 15.0 Å². The van der Waals surface area contributed by atoms with Crippen LogP contribution in [0.4, 0.5) is 0 Å². The molecule has 0 aromatic rings. The highest BCUT2D eigenvalue weighted by atomic mass is 16.3. The van der Waals surface area contributed by atoms with E-state index in [4.69, 9.17) is 0 Å². The average molecular weight is 393 g/mol. The minimum atomic E-state index is -0.650. The van der Waals surface area contributed by atoms with Gasteiger partial charge in [0.15, 0.2) is 0 Å². The maximum atomic E-state index is 11.6. The minimum absolute atomic E-state index is 0.146. The smallest absolute Gasteiger partial charge is 0.223 e. The Morgan fingerprint density at radius 2 is 2.18 bits per heavy atom. The first kappa shape index (κ1) is 23.1. The molecule has 0 bridgehead atoms. The molecule has 0 spiro atoms. The molecule has 5 heteroatoms. The summed E-state index contributed by atoms with van der Waals surface area (Å²) in [5.74, 6) is 1.24. The Morgan fingerprint density at radius 1 is 1.43 bits per heavy atom. The molecular formula is C23H40N2O3. The maximum absolute atomic E-state index is 11.6. The second-order valence-corrected chi connectivity index (χ2v) is 9.18. The SMILES string of the molecule is CCCC[C@](C)(O)C/C=C/[C@@H]1[C@H]2CC(CNCCC(=O)N(C)C)=C[C@H]2C[C@H]1O. The molecule has 0 aromatic carbocycles. The van der Waals surface area contributed by atoms with E-state index in [0.717, 1.165) is 38.6 Å². The lowest BCUT2D eigenvalue weighted by atomic mass is 9.88. The number of fused-ring (bicyclic) bond motifs is 1. The van der Waals surface area contributed by atoms with Gasteiger partial charge in [0.05, 0.1) is 11.7 Å². The molecule has 2 aliphatic carbocycles. The summed E-state index contributed by atoms with van der Waals surface area (Å²) in [4.78, 5) is 13.2. The number of carbonyl (C=O) groups excluding carboxylic acids is 1. The largest absolute Gasteiger partial charge is 0.392 e. The van der Waals surface area contributed by atoms with Crippen molar-refractivity contribution in [2.45, 2.75) is 70.5 Å². The summed E-state index contributed by atoms with van der Waals surface area (Å²) in [5.41, 5.74) is 0.746. The molecule has 5 nitrogen and oxygen atoms in total. The van der Waals surface area contributed by atoms with Crippen LogP contribution in [0.5, 0.6) is 0 Å². The number of allylic oxidation sites excluding steroid dienone is 1. The maximum Gasteiger partial charge on any atom is 0.223 e. The topological polar surface area (TPSA) is 72.8 Å². The van der Waals surface area contributed by atoms with Crippen LogP contribution in [0.1, 0.15) is 58.8 Å². The molecule has 1 saturated carbocycles. The second kappa shape index (κ2) is 10.6. The number of hydrogen-bond donors (Lipinski definition) is 3. The molecule has 0 unspecified atom stereocenters. The van der Waals surface area contributed by atoms with Crippen molar-refractivity contribution in [3.05, 3.63) is 23.8 Å². The van der Waals surface area contributed by atoms with E-state index >= 15 is 0 Å². The van der Waals surface area contributed by atoms with Gasteiger partial charge in [-0.15, -0.1) is 0 Å². The van der Waals surface area contributed by atoms with Crippen molar-refractivity contribution in [2.75, 3.05) is 27.2 Å². The Labute approximate surface area is 170 Å². The Morgan fingerprint density at radius 3 is 2.86 bits per heavy atom. The number of amides is 1. The highest BCUT2D eigenvalue weighted by molar-refractivity contribution is 5.75. The van der Waals surface area contributed by atoms with Gasteiger partial charge < -0.3 is 20.4 Å². The molecule has 0 saturated heterocycles. The van der Waals surface area contributed by atoms with Crippen LogP contribution in [0, 0.1) is 17.8 Å². The van der Waals surface area contributed by atoms with Crippen molar-refractivity contribution in [1.82, 2.24) is 10.2 Å². The van der Waals surface area contributed by atoms with Gasteiger partial charge in [-0.2, -0.15) is 0 Å². The summed E-state index contributed by atoms with van der Waals surface area (Å²) in [5, 5.41) is 24.3. The summed E-state index contributed by atoms with van der Waals surface area (Å²) in [6, 6.07) is 0. The van der Waals surface area contributed by atoms with E-state index in [1.165, 1.54) is 5.57 Å². The highest BCUT2D eigenvalue weighted by Crippen LogP contribution is 2.47. The van der Waals surface area contributed by atoms with Gasteiger partial charge in [0.25, 0.3) is 0 Å². The lowest BCUT2D eigenvalue weighted by Gasteiger charge is -2.22. The summed E-state index contributed by atoms with van der Waals surface area (Å²) in [6.07, 6.45) is 12.2. The fourth-order valence-electron chi connectivity index (χ4n) is 4.54. The molecule has 0 aromatic heterocycles. The van der Waals surface area contributed by atoms with E-state index < -0.39 is 5.60 Å². The normalized spacial score (nSPS) is 29.0. The predicted octanol–water partition coefficient (Wildman–Crippen LogP) is 2.89. The lowest BCUT2D eigenvalue weighted by molar-refractivity contribution is -0.128. The van der Waals surface area contributed by atoms with Gasteiger partial charge in [-0.1, -0.05) is 43.6 Å². The number of nitrogens with zero attached hydrogens (tertiary/aromatic N) is 1. The molecule has 0 radical (unpaired) electrons. The molecule has 2 aliphatic rings. The van der Waals surface area contributed by atoms with Gasteiger partial charge in [0, 0.05) is 39.5 Å². The first-order valence-corrected chi connectivity index (χ1v) is 10.9. The fourth-order valence-corrected chi connectivity index (χ4v) is 4.54. The number of hydrogen-bond acceptors (Lipinski definition) is 4. The van der Waals surface area contributed by atoms with Crippen LogP contribution in [0.3, 0.4) is 0 Å². The molecule has 0 aliphatic heterocycles. The van der Waals surface area contributed by atoms with Gasteiger partial charge in [-0.3, -0.25) is 4.79 Å². The third kappa shape index (κ3) is 6.71. The van der Waals surface area contributed by atoms with E-state index in [-0.39, 0.29) is 17.9 Å². The molecule has 160 valence electrons. The zero-order valence-corrected chi connectivity index (χ0v) is 18.2. The number of aliphatic hydroxyl groups excluding tert-OH is 1. The Bertz CT molecular complexity index is 568. The molecule has 0 heterocycles. The fraction of sp³-hybridized carbons (Fsp3) is 0.783. The van der Waals surface area contributed by atoms with Crippen LogP contribution >= 0.6 is 0 Å². The summed E-state index contributed by atoms with van der Waals surface area (Å²) >= 11 is 0. The quantitative estimate of drug-likeness (QED) is 0.373. The molecular weight excluding hydrogens is 352 g/mol. The average Bonchev–Trinajstić information content (AvgIpc) is 3.14. The third-order valence-electron chi connectivity index (χ3n) is 6.30. The Balaban J connectivity index is 1.78. The number of unbranched alkanes of at least 4 members (excludes halogenated alkanes) is 1. The Hall–Kier alpha value is -1.17. The molecule has 28 heavy (non-hydrogen) atoms. The van der Waals surface area contributed by atoms with E-state index in [1.54, 1.807) is 19.0 Å². The summed E-state index contributed by atoms with van der Waals surface area (Å²) in [7, 11) is 3.57. The molecule has 1 amide bonds.